The van der Waals surface area contributed by atoms with Crippen LogP contribution in [0.25, 0.3) is 0 Å². The van der Waals surface area contributed by atoms with E-state index >= 15 is 0 Å². The summed E-state index contributed by atoms with van der Waals surface area (Å²) in [5.41, 5.74) is 0. The maximum atomic E-state index is 0. The SMILES string of the molecule is [Al].[Cr].[Ni].[Ti]. The van der Waals surface area contributed by atoms with Crippen LogP contribution in [0, 0.1) is 0 Å². The Hall–Kier alpha value is 2.27. The van der Waals surface area contributed by atoms with Gasteiger partial charge in [-0.25, -0.2) is 0 Å². The zero-order valence-electron chi connectivity index (χ0n) is 1.80. The number of hydrogen-bond donors (Lipinski definition) is 0. The third-order valence-electron chi connectivity index (χ3n) is 0. The molecule has 0 saturated heterocycles. The van der Waals surface area contributed by atoms with E-state index in [1.165, 1.54) is 0 Å². The molecule has 0 unspecified atom stereocenters. The van der Waals surface area contributed by atoms with Crippen LogP contribution in [0.3, 0.4) is 0 Å². The fourth-order valence-electron chi connectivity index (χ4n) is 0. The second kappa shape index (κ2) is 18.6. The molecule has 0 aliphatic carbocycles. The van der Waals surface area contributed by atoms with Gasteiger partial charge in [-0.2, -0.15) is 0 Å². The van der Waals surface area contributed by atoms with Crippen molar-refractivity contribution in [2.24, 2.45) is 0 Å². The van der Waals surface area contributed by atoms with E-state index in [9.17, 15) is 0 Å². The van der Waals surface area contributed by atoms with Crippen molar-refractivity contribution in [3.63, 3.8) is 0 Å². The summed E-state index contributed by atoms with van der Waals surface area (Å²) in [5, 5.41) is 0. The van der Waals surface area contributed by atoms with Gasteiger partial charge in [0.05, 0.1) is 0 Å². The smallest absolute Gasteiger partial charge is 0 e. The Morgan fingerprint density at radius 1 is 1.00 bits per heavy atom. The molecule has 0 fully saturated rings. The summed E-state index contributed by atoms with van der Waals surface area (Å²) in [6.07, 6.45) is 0. The molecule has 0 aromatic heterocycles. The second-order valence-corrected chi connectivity index (χ2v) is 0. The van der Waals surface area contributed by atoms with E-state index in [1.807, 2.05) is 0 Å². The molecule has 0 saturated carbocycles. The largest absolute Gasteiger partial charge is 0 e. The zero-order chi connectivity index (χ0) is 0. The molecule has 0 spiro atoms. The topological polar surface area (TPSA) is 0 Å². The average molecular weight is 186 g/mol. The summed E-state index contributed by atoms with van der Waals surface area (Å²) in [6, 6.07) is 0. The van der Waals surface area contributed by atoms with Gasteiger partial charge in [0.1, 0.15) is 0 Å². The summed E-state index contributed by atoms with van der Waals surface area (Å²) in [4.78, 5) is 0. The van der Waals surface area contributed by atoms with Crippen molar-refractivity contribution in [3.8, 4) is 0 Å². The molecular formula is AlCrNiTi. The minimum Gasteiger partial charge on any atom is 0 e. The predicted molar refractivity (Wildman–Crippen MR) is 5.75 cm³/mol. The van der Waals surface area contributed by atoms with E-state index in [-0.39, 0.29) is 72.9 Å². The van der Waals surface area contributed by atoms with Crippen LogP contribution in [-0.4, -0.2) is 17.4 Å². The van der Waals surface area contributed by atoms with Gasteiger partial charge in [0.2, 0.25) is 0 Å². The van der Waals surface area contributed by atoms with Crippen LogP contribution < -0.4 is 0 Å². The van der Waals surface area contributed by atoms with Crippen molar-refractivity contribution < 1.29 is 55.6 Å². The first kappa shape index (κ1) is 33.8. The van der Waals surface area contributed by atoms with E-state index in [4.69, 9.17) is 0 Å². The van der Waals surface area contributed by atoms with Gasteiger partial charge in [-0.15, -0.1) is 0 Å². The van der Waals surface area contributed by atoms with E-state index in [2.05, 4.69) is 0 Å². The number of rotatable bonds is 0. The van der Waals surface area contributed by atoms with Crippen molar-refractivity contribution in [2.45, 2.75) is 0 Å². The van der Waals surface area contributed by atoms with Gasteiger partial charge >= 0.3 is 0 Å². The summed E-state index contributed by atoms with van der Waals surface area (Å²) in [5.74, 6) is 0. The van der Waals surface area contributed by atoms with Crippen LogP contribution in [0.4, 0.5) is 0 Å². The summed E-state index contributed by atoms with van der Waals surface area (Å²) in [6.45, 7) is 0. The molecule has 0 aliphatic rings. The molecule has 0 nitrogen and oxygen atoms in total. The standard InChI is InChI=1S/Al.Cr.Ni.Ti. The molecule has 0 amide bonds. The van der Waals surface area contributed by atoms with Crippen LogP contribution in [0.1, 0.15) is 0 Å². The molecule has 0 heterocycles. The first-order chi connectivity index (χ1) is 0. The monoisotopic (exact) mass is 185 g/mol. The molecule has 4 heteroatoms. The van der Waals surface area contributed by atoms with Crippen LogP contribution >= 0.6 is 0 Å². The van der Waals surface area contributed by atoms with E-state index < -0.39 is 0 Å². The summed E-state index contributed by atoms with van der Waals surface area (Å²) in [7, 11) is 0. The van der Waals surface area contributed by atoms with Crippen molar-refractivity contribution in [1.82, 2.24) is 0 Å². The Balaban J connectivity index is 0. The molecule has 0 aromatic carbocycles. The van der Waals surface area contributed by atoms with E-state index in [0.29, 0.717) is 0 Å². The number of hydrogen-bond acceptors (Lipinski definition) is 0. The Morgan fingerprint density at radius 3 is 1.00 bits per heavy atom. The first-order valence-corrected chi connectivity index (χ1v) is 0. The molecule has 0 aliphatic heterocycles. The van der Waals surface area contributed by atoms with Gasteiger partial charge in [0.15, 0.2) is 0 Å². The Labute approximate surface area is 72.2 Å². The summed E-state index contributed by atoms with van der Waals surface area (Å²) >= 11 is 0. The molecular weight excluding hydrogens is 186 g/mol. The predicted octanol–water partition coefficient (Wildman–Crippen LogP) is -0.388. The van der Waals surface area contributed by atoms with Crippen molar-refractivity contribution in [3.05, 3.63) is 0 Å². The van der Waals surface area contributed by atoms with E-state index in [0.717, 1.165) is 0 Å². The normalized spacial score (nSPS) is 0. The molecule has 0 N–H and O–H groups in total. The van der Waals surface area contributed by atoms with Gasteiger partial charge < -0.3 is 0 Å². The Kier molecular flexibility index (Phi) is 157. The molecule has 3 radical (unpaired) electrons. The van der Waals surface area contributed by atoms with Crippen molar-refractivity contribution in [1.29, 1.82) is 0 Å². The minimum atomic E-state index is 0. The van der Waals surface area contributed by atoms with Crippen molar-refractivity contribution in [2.75, 3.05) is 0 Å². The molecule has 0 rings (SSSR count). The summed E-state index contributed by atoms with van der Waals surface area (Å²) < 4.78 is 0. The van der Waals surface area contributed by atoms with Crippen LogP contribution in [-0.2, 0) is 55.6 Å². The molecule has 0 aromatic rings. The van der Waals surface area contributed by atoms with Crippen LogP contribution in [0.2, 0.25) is 0 Å². The third-order valence-corrected chi connectivity index (χ3v) is 0. The molecule has 0 bridgehead atoms. The van der Waals surface area contributed by atoms with Gasteiger partial charge in [-0.1, -0.05) is 0 Å². The molecule has 0 atom stereocenters. The quantitative estimate of drug-likeness (QED) is 0.451. The zero-order valence-corrected chi connectivity index (χ0v) is 6.78. The first-order valence-electron chi connectivity index (χ1n) is 0. The second-order valence-electron chi connectivity index (χ2n) is 0. The fraction of sp³-hybridized carbons (Fsp3) is 0. The van der Waals surface area contributed by atoms with Gasteiger partial charge in [-0.05, 0) is 0 Å². The van der Waals surface area contributed by atoms with E-state index in [1.54, 1.807) is 0 Å². The van der Waals surface area contributed by atoms with Crippen molar-refractivity contribution >= 4 is 17.4 Å². The Bertz CT molecular complexity index is 8.00. The van der Waals surface area contributed by atoms with Gasteiger partial charge in [0, 0.05) is 72.9 Å². The maximum Gasteiger partial charge on any atom is 0 e. The molecule has 4 heavy (non-hydrogen) atoms. The fourth-order valence-corrected chi connectivity index (χ4v) is 0. The third kappa shape index (κ3) is 8.86. The van der Waals surface area contributed by atoms with Gasteiger partial charge in [-0.3, -0.25) is 0 Å². The molecule has 23 valence electrons. The minimum absolute atomic E-state index is 0. The van der Waals surface area contributed by atoms with Crippen LogP contribution in [0.5, 0.6) is 0 Å². The Morgan fingerprint density at radius 2 is 1.00 bits per heavy atom. The maximum absolute atomic E-state index is 0. The van der Waals surface area contributed by atoms with Crippen LogP contribution in [0.15, 0.2) is 0 Å². The average Bonchev–Trinajstić information content (AvgIpc) is 0. The van der Waals surface area contributed by atoms with Gasteiger partial charge in [0.25, 0.3) is 0 Å².